The minimum absolute atomic E-state index is 0.0529. The van der Waals surface area contributed by atoms with Gasteiger partial charge < -0.3 is 10.6 Å². The predicted molar refractivity (Wildman–Crippen MR) is 93.9 cm³/mol. The Bertz CT molecular complexity index is 520. The maximum atomic E-state index is 13.4. The minimum atomic E-state index is -0.394. The smallest absolute Gasteiger partial charge is 0.239 e. The molecule has 0 unspecified atom stereocenters. The molecule has 0 saturated carbocycles. The molecule has 23 heavy (non-hydrogen) atoms. The molecule has 2 rings (SSSR count). The first kappa shape index (κ1) is 18.2. The number of thioether (sulfide) groups is 1. The number of benzene rings is 1. The van der Waals surface area contributed by atoms with E-state index in [1.165, 1.54) is 6.07 Å². The van der Waals surface area contributed by atoms with Gasteiger partial charge in [0.15, 0.2) is 0 Å². The molecular formula is C17H26FN3OS. The summed E-state index contributed by atoms with van der Waals surface area (Å²) in [6, 6.07) is 6.49. The summed E-state index contributed by atoms with van der Waals surface area (Å²) in [5.74, 6) is 0.753. The monoisotopic (exact) mass is 339 g/mol. The molecule has 1 aliphatic heterocycles. The number of carbonyl (C=O) groups excluding carboxylic acids is 1. The molecule has 4 nitrogen and oxygen atoms in total. The molecule has 0 radical (unpaired) electrons. The van der Waals surface area contributed by atoms with E-state index in [-0.39, 0.29) is 17.8 Å². The fraction of sp³-hybridized carbons (Fsp3) is 0.588. The first-order valence-corrected chi connectivity index (χ1v) is 9.45. The van der Waals surface area contributed by atoms with E-state index in [4.69, 9.17) is 5.73 Å². The molecule has 0 spiro atoms. The zero-order valence-electron chi connectivity index (χ0n) is 13.9. The van der Waals surface area contributed by atoms with E-state index in [0.29, 0.717) is 13.1 Å². The van der Waals surface area contributed by atoms with Crippen molar-refractivity contribution in [2.75, 3.05) is 38.2 Å². The average Bonchev–Trinajstić information content (AvgIpc) is 2.58. The topological polar surface area (TPSA) is 49.6 Å². The highest BCUT2D eigenvalue weighted by molar-refractivity contribution is 7.98. The third kappa shape index (κ3) is 4.93. The summed E-state index contributed by atoms with van der Waals surface area (Å²) in [7, 11) is 0. The average molecular weight is 339 g/mol. The van der Waals surface area contributed by atoms with E-state index >= 15 is 0 Å². The van der Waals surface area contributed by atoms with Crippen LogP contribution in [0.25, 0.3) is 0 Å². The van der Waals surface area contributed by atoms with Crippen LogP contribution < -0.4 is 5.73 Å². The quantitative estimate of drug-likeness (QED) is 0.862. The van der Waals surface area contributed by atoms with Crippen LogP contribution >= 0.6 is 11.8 Å². The minimum Gasteiger partial charge on any atom is -0.339 e. The molecule has 128 valence electrons. The predicted octanol–water partition coefficient (Wildman–Crippen LogP) is 2.11. The highest BCUT2D eigenvalue weighted by atomic mass is 32.2. The van der Waals surface area contributed by atoms with Crippen LogP contribution in [0.4, 0.5) is 4.39 Å². The zero-order valence-corrected chi connectivity index (χ0v) is 14.7. The first-order valence-electron chi connectivity index (χ1n) is 8.05. The molecular weight excluding hydrogens is 313 g/mol. The van der Waals surface area contributed by atoms with Crippen molar-refractivity contribution >= 4 is 17.7 Å². The molecule has 1 amide bonds. The number of carbonyl (C=O) groups is 1. The molecule has 1 heterocycles. The van der Waals surface area contributed by atoms with Crippen molar-refractivity contribution in [1.29, 1.82) is 0 Å². The summed E-state index contributed by atoms with van der Waals surface area (Å²) >= 11 is 1.71. The van der Waals surface area contributed by atoms with Gasteiger partial charge in [-0.15, -0.1) is 0 Å². The molecule has 1 saturated heterocycles. The molecule has 0 bridgehead atoms. The van der Waals surface area contributed by atoms with Crippen molar-refractivity contribution in [3.05, 3.63) is 35.6 Å². The number of nitrogens with zero attached hydrogens (tertiary/aromatic N) is 2. The largest absolute Gasteiger partial charge is 0.339 e. The SMILES string of the molecule is CSCC[C@H](N)C(=O)N1CCN([C@H](C)c2cccc(F)c2)CC1. The van der Waals surface area contributed by atoms with Crippen molar-refractivity contribution in [2.45, 2.75) is 25.4 Å². The fourth-order valence-electron chi connectivity index (χ4n) is 2.91. The molecule has 2 N–H and O–H groups in total. The first-order chi connectivity index (χ1) is 11.0. The van der Waals surface area contributed by atoms with Crippen molar-refractivity contribution in [2.24, 2.45) is 5.73 Å². The van der Waals surface area contributed by atoms with Crippen molar-refractivity contribution in [3.8, 4) is 0 Å². The third-order valence-electron chi connectivity index (χ3n) is 4.45. The van der Waals surface area contributed by atoms with Crippen molar-refractivity contribution in [1.82, 2.24) is 9.80 Å². The Morgan fingerprint density at radius 3 is 2.65 bits per heavy atom. The number of hydrogen-bond acceptors (Lipinski definition) is 4. The molecule has 1 fully saturated rings. The number of amides is 1. The summed E-state index contributed by atoms with van der Waals surface area (Å²) in [4.78, 5) is 16.5. The second-order valence-electron chi connectivity index (χ2n) is 5.98. The van der Waals surface area contributed by atoms with E-state index in [2.05, 4.69) is 11.8 Å². The summed E-state index contributed by atoms with van der Waals surface area (Å²) in [6.45, 7) is 5.03. The Kier molecular flexibility index (Phi) is 6.87. The van der Waals surface area contributed by atoms with Crippen LogP contribution in [-0.4, -0.2) is 59.9 Å². The Balaban J connectivity index is 1.87. The van der Waals surface area contributed by atoms with Crippen LogP contribution in [0.1, 0.15) is 24.9 Å². The molecule has 6 heteroatoms. The van der Waals surface area contributed by atoms with E-state index in [1.54, 1.807) is 23.9 Å². The molecule has 1 aromatic rings. The van der Waals surface area contributed by atoms with Crippen LogP contribution in [0.3, 0.4) is 0 Å². The number of rotatable bonds is 6. The van der Waals surface area contributed by atoms with Gasteiger partial charge in [-0.1, -0.05) is 12.1 Å². The van der Waals surface area contributed by atoms with Crippen molar-refractivity contribution < 1.29 is 9.18 Å². The lowest BCUT2D eigenvalue weighted by Crippen LogP contribution is -2.53. The van der Waals surface area contributed by atoms with Gasteiger partial charge in [-0.3, -0.25) is 9.69 Å². The molecule has 0 aliphatic carbocycles. The number of halogens is 1. The van der Waals surface area contributed by atoms with Crippen LogP contribution in [0.2, 0.25) is 0 Å². The van der Waals surface area contributed by atoms with Crippen molar-refractivity contribution in [3.63, 3.8) is 0 Å². The molecule has 1 aromatic carbocycles. The second-order valence-corrected chi connectivity index (χ2v) is 6.97. The highest BCUT2D eigenvalue weighted by Gasteiger charge is 2.27. The Labute approximate surface area is 142 Å². The van der Waals surface area contributed by atoms with Gasteiger partial charge in [0.1, 0.15) is 5.82 Å². The van der Waals surface area contributed by atoms with Gasteiger partial charge >= 0.3 is 0 Å². The normalized spacial score (nSPS) is 18.7. The van der Waals surface area contributed by atoms with Gasteiger partial charge in [-0.25, -0.2) is 4.39 Å². The molecule has 0 aromatic heterocycles. The lowest BCUT2D eigenvalue weighted by molar-refractivity contribution is -0.134. The highest BCUT2D eigenvalue weighted by Crippen LogP contribution is 2.22. The Morgan fingerprint density at radius 1 is 1.35 bits per heavy atom. The standard InChI is InChI=1S/C17H26FN3OS/c1-13(14-4-3-5-15(18)12-14)20-7-9-21(10-8-20)17(22)16(19)6-11-23-2/h3-5,12-13,16H,6-11,19H2,1-2H3/t13-,16+/m1/s1. The number of piperazine rings is 1. The third-order valence-corrected chi connectivity index (χ3v) is 5.10. The van der Waals surface area contributed by atoms with Gasteiger partial charge in [0.05, 0.1) is 6.04 Å². The fourth-order valence-corrected chi connectivity index (χ4v) is 3.40. The maximum Gasteiger partial charge on any atom is 0.239 e. The second kappa shape index (κ2) is 8.66. The van der Waals surface area contributed by atoms with Gasteiger partial charge in [0.25, 0.3) is 0 Å². The van der Waals surface area contributed by atoms with Gasteiger partial charge in [0.2, 0.25) is 5.91 Å². The van der Waals surface area contributed by atoms with E-state index < -0.39 is 6.04 Å². The van der Waals surface area contributed by atoms with E-state index in [0.717, 1.165) is 30.8 Å². The van der Waals surface area contributed by atoms with Crippen LogP contribution in [0, 0.1) is 5.82 Å². The van der Waals surface area contributed by atoms with E-state index in [1.807, 2.05) is 17.2 Å². The van der Waals surface area contributed by atoms with Crippen LogP contribution in [0.5, 0.6) is 0 Å². The molecule has 1 aliphatic rings. The summed E-state index contributed by atoms with van der Waals surface area (Å²) in [6.07, 6.45) is 2.74. The number of nitrogens with two attached hydrogens (primary N) is 1. The lowest BCUT2D eigenvalue weighted by Gasteiger charge is -2.39. The summed E-state index contributed by atoms with van der Waals surface area (Å²) in [5.41, 5.74) is 6.95. The Morgan fingerprint density at radius 2 is 2.04 bits per heavy atom. The Hall–Kier alpha value is -1.11. The zero-order chi connectivity index (χ0) is 16.8. The van der Waals surface area contributed by atoms with Gasteiger partial charge in [-0.2, -0.15) is 11.8 Å². The van der Waals surface area contributed by atoms with Gasteiger partial charge in [-0.05, 0) is 43.0 Å². The summed E-state index contributed by atoms with van der Waals surface area (Å²) in [5, 5.41) is 0. The van der Waals surface area contributed by atoms with Crippen LogP contribution in [-0.2, 0) is 4.79 Å². The maximum absolute atomic E-state index is 13.4. The lowest BCUT2D eigenvalue weighted by atomic mass is 10.1. The van der Waals surface area contributed by atoms with Crippen LogP contribution in [0.15, 0.2) is 24.3 Å². The van der Waals surface area contributed by atoms with E-state index in [9.17, 15) is 9.18 Å². The van der Waals surface area contributed by atoms with Gasteiger partial charge in [0, 0.05) is 32.2 Å². The molecule has 2 atom stereocenters. The number of hydrogen-bond donors (Lipinski definition) is 1. The summed E-state index contributed by atoms with van der Waals surface area (Å²) < 4.78 is 13.4.